The first-order chi connectivity index (χ1) is 13.8. The normalized spacial score (nSPS) is 18.6. The van der Waals surface area contributed by atoms with Crippen LogP contribution in [0.4, 0.5) is 0 Å². The maximum Gasteiger partial charge on any atom is 0.268 e. The Morgan fingerprint density at radius 3 is 2.55 bits per heavy atom. The average Bonchev–Trinajstić information content (AvgIpc) is 2.88. The molecule has 0 bridgehead atoms. The van der Waals surface area contributed by atoms with E-state index in [0.29, 0.717) is 22.2 Å². The minimum Gasteiger partial charge on any atom is -0.497 e. The van der Waals surface area contributed by atoms with E-state index in [1.54, 1.807) is 24.3 Å². The van der Waals surface area contributed by atoms with Crippen molar-refractivity contribution < 1.29 is 22.7 Å². The van der Waals surface area contributed by atoms with E-state index in [-0.39, 0.29) is 10.5 Å². The lowest BCUT2D eigenvalue weighted by Crippen LogP contribution is -2.41. The van der Waals surface area contributed by atoms with Crippen LogP contribution in [0.2, 0.25) is 0 Å². The molecule has 7 nitrogen and oxygen atoms in total. The van der Waals surface area contributed by atoms with Gasteiger partial charge in [-0.2, -0.15) is 0 Å². The van der Waals surface area contributed by atoms with Crippen LogP contribution in [0.3, 0.4) is 0 Å². The van der Waals surface area contributed by atoms with Gasteiger partial charge in [0.05, 0.1) is 7.11 Å². The minimum absolute atomic E-state index is 0.0645. The highest BCUT2D eigenvalue weighted by atomic mass is 32.2. The maximum atomic E-state index is 13.0. The molecule has 1 aliphatic heterocycles. The van der Waals surface area contributed by atoms with Crippen LogP contribution >= 0.6 is 0 Å². The number of carbonyl (C=O) groups is 2. The summed E-state index contributed by atoms with van der Waals surface area (Å²) in [5.74, 6) is -0.568. The molecule has 0 aromatic heterocycles. The summed E-state index contributed by atoms with van der Waals surface area (Å²) in [7, 11) is -2.57. The van der Waals surface area contributed by atoms with E-state index in [0.717, 1.165) is 19.3 Å². The second-order valence-corrected chi connectivity index (χ2v) is 9.01. The van der Waals surface area contributed by atoms with Crippen molar-refractivity contribution in [2.45, 2.75) is 39.0 Å². The molecule has 1 aromatic rings. The zero-order valence-corrected chi connectivity index (χ0v) is 17.5. The van der Waals surface area contributed by atoms with Gasteiger partial charge in [0, 0.05) is 12.1 Å². The molecule has 0 saturated carbocycles. The number of allylic oxidation sites excluding steroid dienone is 1. The summed E-state index contributed by atoms with van der Waals surface area (Å²) >= 11 is 0. The second kappa shape index (κ2) is 8.82. The molecular weight excluding hydrogens is 392 g/mol. The van der Waals surface area contributed by atoms with Crippen molar-refractivity contribution in [3.05, 3.63) is 47.1 Å². The van der Waals surface area contributed by atoms with Crippen LogP contribution in [0.25, 0.3) is 4.91 Å². The Hall–Kier alpha value is -2.61. The van der Waals surface area contributed by atoms with Gasteiger partial charge >= 0.3 is 0 Å². The van der Waals surface area contributed by atoms with E-state index >= 15 is 0 Å². The number of benzene rings is 1. The first-order valence-corrected chi connectivity index (χ1v) is 11.2. The first-order valence-electron chi connectivity index (χ1n) is 9.71. The molecule has 8 heteroatoms. The summed E-state index contributed by atoms with van der Waals surface area (Å²) in [5.41, 5.74) is 1.82. The van der Waals surface area contributed by atoms with Crippen LogP contribution in [-0.2, 0) is 19.6 Å². The van der Waals surface area contributed by atoms with E-state index in [1.807, 2.05) is 0 Å². The molecule has 1 aliphatic carbocycles. The van der Waals surface area contributed by atoms with Crippen LogP contribution < -0.4 is 10.1 Å². The van der Waals surface area contributed by atoms with Crippen molar-refractivity contribution in [2.75, 3.05) is 20.2 Å². The molecular formula is C21H26N2O5S. The van der Waals surface area contributed by atoms with Crippen molar-refractivity contribution in [3.63, 3.8) is 0 Å². The molecule has 0 atom stereocenters. The Kier molecular flexibility index (Phi) is 6.42. The van der Waals surface area contributed by atoms with Crippen molar-refractivity contribution in [3.8, 4) is 5.75 Å². The fourth-order valence-corrected chi connectivity index (χ4v) is 5.41. The Bertz CT molecular complexity index is 961. The van der Waals surface area contributed by atoms with Crippen LogP contribution in [0.15, 0.2) is 41.5 Å². The number of sulfonamides is 1. The summed E-state index contributed by atoms with van der Waals surface area (Å²) in [6.45, 7) is 1.38. The van der Waals surface area contributed by atoms with Gasteiger partial charge in [-0.05, 0) is 68.9 Å². The van der Waals surface area contributed by atoms with Crippen molar-refractivity contribution in [2.24, 2.45) is 0 Å². The summed E-state index contributed by atoms with van der Waals surface area (Å²) in [5, 5.41) is 2.73. The number of rotatable bonds is 7. The molecule has 1 heterocycles. The molecule has 1 aromatic carbocycles. The van der Waals surface area contributed by atoms with Crippen LogP contribution in [0.1, 0.15) is 44.6 Å². The van der Waals surface area contributed by atoms with Crippen LogP contribution in [0, 0.1) is 0 Å². The van der Waals surface area contributed by atoms with Gasteiger partial charge in [-0.1, -0.05) is 11.6 Å². The molecule has 29 heavy (non-hydrogen) atoms. The third-order valence-corrected chi connectivity index (χ3v) is 7.16. The number of carbonyl (C=O) groups excluding carboxylic acids is 2. The van der Waals surface area contributed by atoms with Crippen LogP contribution in [0.5, 0.6) is 5.75 Å². The summed E-state index contributed by atoms with van der Waals surface area (Å²) in [6.07, 6.45) is 7.44. The fraction of sp³-hybridized carbons (Fsp3) is 0.429. The highest BCUT2D eigenvalue weighted by Gasteiger charge is 2.43. The largest absolute Gasteiger partial charge is 0.497 e. The Balaban J connectivity index is 1.66. The minimum atomic E-state index is -4.09. The highest BCUT2D eigenvalue weighted by molar-refractivity contribution is 7.99. The number of hydrogen-bond acceptors (Lipinski definition) is 5. The molecule has 3 rings (SSSR count). The lowest BCUT2D eigenvalue weighted by molar-refractivity contribution is -0.128. The Labute approximate surface area is 171 Å². The zero-order chi connectivity index (χ0) is 21.0. The van der Waals surface area contributed by atoms with Gasteiger partial charge in [0.1, 0.15) is 17.2 Å². The quantitative estimate of drug-likeness (QED) is 0.687. The third kappa shape index (κ3) is 4.53. The molecule has 2 aliphatic rings. The monoisotopic (exact) mass is 418 g/mol. The molecule has 156 valence electrons. The molecule has 2 amide bonds. The van der Waals surface area contributed by atoms with Crippen molar-refractivity contribution in [1.29, 1.82) is 0 Å². The van der Waals surface area contributed by atoms with E-state index in [4.69, 9.17) is 4.74 Å². The first kappa shape index (κ1) is 21.1. The standard InChI is InChI=1S/C21H26N2O5S/c1-15-20(17-8-10-18(28-2)11-9-17)29(26,27)23(21(15)25)14-19(24)22-13-12-16-6-4-3-5-7-16/h6,8-11H,3-5,7,12-14H2,1-2H3,(H,22,24). The lowest BCUT2D eigenvalue weighted by atomic mass is 9.97. The highest BCUT2D eigenvalue weighted by Crippen LogP contribution is 2.35. The maximum absolute atomic E-state index is 13.0. The van der Waals surface area contributed by atoms with E-state index < -0.39 is 28.4 Å². The second-order valence-electron chi connectivity index (χ2n) is 7.21. The molecule has 0 saturated heterocycles. The van der Waals surface area contributed by atoms with Gasteiger partial charge in [0.15, 0.2) is 0 Å². The van der Waals surface area contributed by atoms with Crippen molar-refractivity contribution >= 4 is 26.7 Å². The molecule has 0 spiro atoms. The fourth-order valence-electron chi connectivity index (χ4n) is 3.64. The smallest absolute Gasteiger partial charge is 0.268 e. The number of hydrogen-bond donors (Lipinski definition) is 1. The topological polar surface area (TPSA) is 92.8 Å². The average molecular weight is 419 g/mol. The third-order valence-electron chi connectivity index (χ3n) is 5.23. The molecule has 0 unspecified atom stereocenters. The number of amides is 2. The van der Waals surface area contributed by atoms with Gasteiger partial charge in [-0.3, -0.25) is 9.59 Å². The van der Waals surface area contributed by atoms with Crippen LogP contribution in [-0.4, -0.2) is 44.7 Å². The van der Waals surface area contributed by atoms with Gasteiger partial charge in [-0.25, -0.2) is 12.7 Å². The molecule has 0 radical (unpaired) electrons. The van der Waals surface area contributed by atoms with Crippen molar-refractivity contribution in [1.82, 2.24) is 9.62 Å². The predicted molar refractivity (Wildman–Crippen MR) is 110 cm³/mol. The summed E-state index contributed by atoms with van der Waals surface area (Å²) in [6, 6.07) is 6.43. The van der Waals surface area contributed by atoms with E-state index in [2.05, 4.69) is 11.4 Å². The number of methoxy groups -OCH3 is 1. The summed E-state index contributed by atoms with van der Waals surface area (Å²) < 4.78 is 31.6. The number of nitrogens with zero attached hydrogens (tertiary/aromatic N) is 1. The van der Waals surface area contributed by atoms with Gasteiger partial charge < -0.3 is 10.1 Å². The number of nitrogens with one attached hydrogen (secondary N) is 1. The SMILES string of the molecule is COc1ccc(C2=C(C)C(=O)N(CC(=O)NCCC3=CCCCC3)S2(=O)=O)cc1. The van der Waals surface area contributed by atoms with E-state index in [1.165, 1.54) is 32.4 Å². The zero-order valence-electron chi connectivity index (χ0n) is 16.7. The van der Waals surface area contributed by atoms with Gasteiger partial charge in [0.25, 0.3) is 15.9 Å². The van der Waals surface area contributed by atoms with Gasteiger partial charge in [-0.15, -0.1) is 0 Å². The number of ether oxygens (including phenoxy) is 1. The predicted octanol–water partition coefficient (Wildman–Crippen LogP) is 2.60. The Morgan fingerprint density at radius 1 is 1.21 bits per heavy atom. The Morgan fingerprint density at radius 2 is 1.93 bits per heavy atom. The van der Waals surface area contributed by atoms with E-state index in [9.17, 15) is 18.0 Å². The van der Waals surface area contributed by atoms with Gasteiger partial charge in [0.2, 0.25) is 5.91 Å². The lowest BCUT2D eigenvalue weighted by Gasteiger charge is -2.17. The molecule has 0 fully saturated rings. The summed E-state index contributed by atoms with van der Waals surface area (Å²) in [4.78, 5) is 24.8. The molecule has 1 N–H and O–H groups in total.